The van der Waals surface area contributed by atoms with Crippen molar-refractivity contribution in [1.29, 1.82) is 0 Å². The molecule has 76 valence electrons. The highest BCUT2D eigenvalue weighted by Gasteiger charge is 2.09. The zero-order valence-corrected chi connectivity index (χ0v) is 7.95. The molecule has 0 fully saturated rings. The van der Waals surface area contributed by atoms with Gasteiger partial charge in [0.1, 0.15) is 6.33 Å². The predicted octanol–water partition coefficient (Wildman–Crippen LogP) is 0.669. The van der Waals surface area contributed by atoms with Gasteiger partial charge in [0.2, 0.25) is 0 Å². The number of carboxylic acids is 1. The van der Waals surface area contributed by atoms with Crippen molar-refractivity contribution in [3.8, 4) is 5.82 Å². The third-order valence-corrected chi connectivity index (χ3v) is 1.82. The Morgan fingerprint density at radius 3 is 2.87 bits per heavy atom. The minimum absolute atomic E-state index is 0.238. The molecule has 0 saturated heterocycles. The number of hydrogen-bond donors (Lipinski definition) is 1. The molecule has 2 aromatic rings. The van der Waals surface area contributed by atoms with Crippen LogP contribution in [0.3, 0.4) is 0 Å². The Morgan fingerprint density at radius 1 is 1.47 bits per heavy atom. The van der Waals surface area contributed by atoms with Crippen molar-refractivity contribution in [3.63, 3.8) is 0 Å². The molecular weight excluding hydrogens is 196 g/mol. The molecule has 0 saturated carbocycles. The largest absolute Gasteiger partial charge is 0.475 e. The van der Waals surface area contributed by atoms with Gasteiger partial charge < -0.3 is 5.11 Å². The molecule has 0 aromatic carbocycles. The first kappa shape index (κ1) is 9.32. The van der Waals surface area contributed by atoms with Gasteiger partial charge in [0.05, 0.1) is 0 Å². The molecule has 6 nitrogen and oxygen atoms in total. The van der Waals surface area contributed by atoms with E-state index in [0.29, 0.717) is 5.82 Å². The predicted molar refractivity (Wildman–Crippen MR) is 50.9 cm³/mol. The smallest absolute Gasteiger partial charge is 0.375 e. The molecule has 0 atom stereocenters. The second kappa shape index (κ2) is 3.49. The van der Waals surface area contributed by atoms with E-state index in [1.807, 2.05) is 13.0 Å². The van der Waals surface area contributed by atoms with Crippen molar-refractivity contribution in [2.45, 2.75) is 6.92 Å². The van der Waals surface area contributed by atoms with E-state index in [1.54, 1.807) is 12.3 Å². The minimum atomic E-state index is -1.15. The summed E-state index contributed by atoms with van der Waals surface area (Å²) in [6, 6.07) is 3.64. The third-order valence-electron chi connectivity index (χ3n) is 1.82. The average Bonchev–Trinajstić information content (AvgIpc) is 2.66. The molecule has 6 heteroatoms. The summed E-state index contributed by atoms with van der Waals surface area (Å²) in [5.41, 5.74) is 1.02. The first-order valence-electron chi connectivity index (χ1n) is 4.25. The van der Waals surface area contributed by atoms with Crippen LogP contribution < -0.4 is 0 Å². The number of aryl methyl sites for hydroxylation is 1. The van der Waals surface area contributed by atoms with Crippen LogP contribution in [0, 0.1) is 6.92 Å². The summed E-state index contributed by atoms with van der Waals surface area (Å²) in [5, 5.41) is 12.4. The fourth-order valence-electron chi connectivity index (χ4n) is 1.12. The van der Waals surface area contributed by atoms with Gasteiger partial charge in [-0.25, -0.2) is 19.4 Å². The zero-order chi connectivity index (χ0) is 10.8. The van der Waals surface area contributed by atoms with Crippen molar-refractivity contribution < 1.29 is 9.90 Å². The summed E-state index contributed by atoms with van der Waals surface area (Å²) in [4.78, 5) is 18.2. The highest BCUT2D eigenvalue weighted by Crippen LogP contribution is 2.04. The molecule has 15 heavy (non-hydrogen) atoms. The fourth-order valence-corrected chi connectivity index (χ4v) is 1.12. The van der Waals surface area contributed by atoms with Crippen molar-refractivity contribution >= 4 is 5.97 Å². The molecule has 0 bridgehead atoms. The molecule has 0 aliphatic heterocycles. The van der Waals surface area contributed by atoms with Crippen LogP contribution in [0.25, 0.3) is 5.82 Å². The normalized spacial score (nSPS) is 10.2. The van der Waals surface area contributed by atoms with Gasteiger partial charge in [0.15, 0.2) is 5.82 Å². The van der Waals surface area contributed by atoms with E-state index in [9.17, 15) is 4.79 Å². The molecule has 0 spiro atoms. The number of hydrogen-bond acceptors (Lipinski definition) is 4. The van der Waals surface area contributed by atoms with E-state index < -0.39 is 5.97 Å². The number of pyridine rings is 1. The maximum atomic E-state index is 10.6. The first-order chi connectivity index (χ1) is 7.16. The van der Waals surface area contributed by atoms with E-state index >= 15 is 0 Å². The standard InChI is InChI=1S/C9H8N4O2/c1-6-2-3-10-7(4-6)13-5-11-8(12-13)9(14)15/h2-5H,1H3,(H,14,15). The van der Waals surface area contributed by atoms with Gasteiger partial charge in [-0.3, -0.25) is 0 Å². The number of carboxylic acid groups (broad SMARTS) is 1. The molecule has 2 aromatic heterocycles. The second-order valence-corrected chi connectivity index (χ2v) is 3.01. The molecular formula is C9H8N4O2. The quantitative estimate of drug-likeness (QED) is 0.777. The van der Waals surface area contributed by atoms with Crippen LogP contribution in [0.5, 0.6) is 0 Å². The van der Waals surface area contributed by atoms with Crippen LogP contribution in [0.1, 0.15) is 16.2 Å². The lowest BCUT2D eigenvalue weighted by atomic mass is 10.3. The lowest BCUT2D eigenvalue weighted by molar-refractivity contribution is 0.0683. The molecule has 0 amide bonds. The van der Waals surface area contributed by atoms with Gasteiger partial charge in [-0.15, -0.1) is 5.10 Å². The van der Waals surface area contributed by atoms with Crippen LogP contribution >= 0.6 is 0 Å². The summed E-state index contributed by atoms with van der Waals surface area (Å²) >= 11 is 0. The number of nitrogens with zero attached hydrogens (tertiary/aromatic N) is 4. The van der Waals surface area contributed by atoms with E-state index in [2.05, 4.69) is 15.1 Å². The van der Waals surface area contributed by atoms with Gasteiger partial charge >= 0.3 is 5.97 Å². The summed E-state index contributed by atoms with van der Waals surface area (Å²) in [6.07, 6.45) is 2.96. The molecule has 0 radical (unpaired) electrons. The van der Waals surface area contributed by atoms with E-state index in [0.717, 1.165) is 5.56 Å². The summed E-state index contributed by atoms with van der Waals surface area (Å²) in [5.74, 6) is -0.838. The van der Waals surface area contributed by atoms with Crippen molar-refractivity contribution in [2.24, 2.45) is 0 Å². The number of aromatic nitrogens is 4. The molecule has 1 N–H and O–H groups in total. The molecule has 2 rings (SSSR count). The van der Waals surface area contributed by atoms with E-state index in [4.69, 9.17) is 5.11 Å². The maximum absolute atomic E-state index is 10.6. The monoisotopic (exact) mass is 204 g/mol. The van der Waals surface area contributed by atoms with E-state index in [-0.39, 0.29) is 5.82 Å². The van der Waals surface area contributed by atoms with Crippen LogP contribution in [-0.2, 0) is 0 Å². The molecule has 0 aliphatic rings. The summed E-state index contributed by atoms with van der Waals surface area (Å²) < 4.78 is 1.33. The lowest BCUT2D eigenvalue weighted by Crippen LogP contribution is -2.03. The van der Waals surface area contributed by atoms with E-state index in [1.165, 1.54) is 11.0 Å². The highest BCUT2D eigenvalue weighted by atomic mass is 16.4. The Kier molecular flexibility index (Phi) is 2.17. The Balaban J connectivity index is 2.41. The Morgan fingerprint density at radius 2 is 2.27 bits per heavy atom. The number of aromatic carboxylic acids is 1. The topological polar surface area (TPSA) is 80.9 Å². The number of rotatable bonds is 2. The molecule has 0 unspecified atom stereocenters. The minimum Gasteiger partial charge on any atom is -0.475 e. The Labute approximate surface area is 85.2 Å². The van der Waals surface area contributed by atoms with Gasteiger partial charge in [-0.1, -0.05) is 0 Å². The highest BCUT2D eigenvalue weighted by molar-refractivity contribution is 5.82. The fraction of sp³-hybridized carbons (Fsp3) is 0.111. The Bertz CT molecular complexity index is 506. The van der Waals surface area contributed by atoms with Crippen LogP contribution in [0.15, 0.2) is 24.7 Å². The third kappa shape index (κ3) is 1.83. The second-order valence-electron chi connectivity index (χ2n) is 3.01. The van der Waals surface area contributed by atoms with Crippen molar-refractivity contribution in [1.82, 2.24) is 19.7 Å². The van der Waals surface area contributed by atoms with Gasteiger partial charge in [0.25, 0.3) is 5.82 Å². The van der Waals surface area contributed by atoms with Crippen molar-refractivity contribution in [3.05, 3.63) is 36.0 Å². The SMILES string of the molecule is Cc1ccnc(-n2cnc(C(=O)O)n2)c1. The molecule has 2 heterocycles. The van der Waals surface area contributed by atoms with Gasteiger partial charge in [-0.2, -0.15) is 0 Å². The van der Waals surface area contributed by atoms with Crippen LogP contribution in [0.2, 0.25) is 0 Å². The van der Waals surface area contributed by atoms with Crippen LogP contribution in [-0.4, -0.2) is 30.8 Å². The number of carbonyl (C=O) groups is 1. The average molecular weight is 204 g/mol. The zero-order valence-electron chi connectivity index (χ0n) is 7.95. The summed E-state index contributed by atoms with van der Waals surface area (Å²) in [6.45, 7) is 1.92. The Hall–Kier alpha value is -2.24. The lowest BCUT2D eigenvalue weighted by Gasteiger charge is -1.98. The maximum Gasteiger partial charge on any atom is 0.375 e. The first-order valence-corrected chi connectivity index (χ1v) is 4.25. The molecule has 0 aliphatic carbocycles. The van der Waals surface area contributed by atoms with Crippen LogP contribution in [0.4, 0.5) is 0 Å². The van der Waals surface area contributed by atoms with Gasteiger partial charge in [0, 0.05) is 6.20 Å². The van der Waals surface area contributed by atoms with Gasteiger partial charge in [-0.05, 0) is 24.6 Å². The summed E-state index contributed by atoms with van der Waals surface area (Å²) in [7, 11) is 0. The van der Waals surface area contributed by atoms with Crippen molar-refractivity contribution in [2.75, 3.05) is 0 Å².